The van der Waals surface area contributed by atoms with Crippen molar-refractivity contribution in [1.29, 1.82) is 0 Å². The summed E-state index contributed by atoms with van der Waals surface area (Å²) in [4.78, 5) is 18.9. The number of rotatable bonds is 14. The van der Waals surface area contributed by atoms with E-state index in [9.17, 15) is 20.1 Å². The summed E-state index contributed by atoms with van der Waals surface area (Å²) in [6.07, 6.45) is 10.5. The van der Waals surface area contributed by atoms with Gasteiger partial charge in [0.1, 0.15) is 59.2 Å². The van der Waals surface area contributed by atoms with Crippen LogP contribution in [0, 0.1) is 6.92 Å². The van der Waals surface area contributed by atoms with Crippen molar-refractivity contribution < 1.29 is 29.2 Å². The van der Waals surface area contributed by atoms with E-state index in [0.29, 0.717) is 54.0 Å². The lowest BCUT2D eigenvalue weighted by atomic mass is 9.96. The van der Waals surface area contributed by atoms with Crippen molar-refractivity contribution in [2.75, 3.05) is 52.5 Å². The highest BCUT2D eigenvalue weighted by Crippen LogP contribution is 2.39. The number of ether oxygens (including phenoxy) is 2. The number of aliphatic hydroxyl groups is 2. The number of β-amino-alcohol motifs (C(OH)–C–C–N with tert-alkyl or cyclic N) is 2. The van der Waals surface area contributed by atoms with Crippen LogP contribution in [0.25, 0.3) is 21.9 Å². The van der Waals surface area contributed by atoms with E-state index in [4.69, 9.17) is 13.9 Å². The van der Waals surface area contributed by atoms with Gasteiger partial charge < -0.3 is 39.0 Å². The predicted molar refractivity (Wildman–Crippen MR) is 196 cm³/mol. The molecule has 3 N–H and O–H groups in total. The fourth-order valence-electron chi connectivity index (χ4n) is 7.02. The molecule has 3 heterocycles. The van der Waals surface area contributed by atoms with E-state index in [-0.39, 0.29) is 35.4 Å². The number of aliphatic hydroxyl groups excluding tert-OH is 2. The third kappa shape index (κ3) is 9.45. The molecule has 2 fully saturated rings. The highest BCUT2D eigenvalue weighted by Gasteiger charge is 2.24. The SMILES string of the molecule is CC(C)=CCc1c(OCC(O)CN2CCCCC2)cc2oc3cc(OCC(O)CN4CCCCC4)c(C)c(CC=C(C)C)c3c(=O)c2c1O. The monoisotopic (exact) mass is 676 g/mol. The first-order valence-electron chi connectivity index (χ1n) is 18.1. The van der Waals surface area contributed by atoms with E-state index >= 15 is 0 Å². The first-order chi connectivity index (χ1) is 23.5. The second-order valence-corrected chi connectivity index (χ2v) is 14.5. The molecule has 9 nitrogen and oxygen atoms in total. The number of hydrogen-bond donors (Lipinski definition) is 3. The molecule has 0 saturated carbocycles. The van der Waals surface area contributed by atoms with Gasteiger partial charge in [-0.3, -0.25) is 4.79 Å². The van der Waals surface area contributed by atoms with E-state index in [1.807, 2.05) is 40.7 Å². The smallest absolute Gasteiger partial charge is 0.204 e. The third-order valence-corrected chi connectivity index (χ3v) is 9.76. The van der Waals surface area contributed by atoms with Crippen LogP contribution in [0.15, 0.2) is 44.6 Å². The average molecular weight is 677 g/mol. The molecule has 0 radical (unpaired) electrons. The second-order valence-electron chi connectivity index (χ2n) is 14.5. The van der Waals surface area contributed by atoms with Gasteiger partial charge in [-0.05, 0) is 110 Å². The molecule has 2 unspecified atom stereocenters. The van der Waals surface area contributed by atoms with Gasteiger partial charge in [0, 0.05) is 30.8 Å². The van der Waals surface area contributed by atoms with Gasteiger partial charge in [0.05, 0.1) is 5.39 Å². The Morgan fingerprint density at radius 3 is 1.76 bits per heavy atom. The van der Waals surface area contributed by atoms with Gasteiger partial charge in [-0.25, -0.2) is 0 Å². The maximum atomic E-state index is 14.4. The minimum Gasteiger partial charge on any atom is -0.507 e. The summed E-state index contributed by atoms with van der Waals surface area (Å²) in [7, 11) is 0. The Morgan fingerprint density at radius 2 is 1.22 bits per heavy atom. The van der Waals surface area contributed by atoms with Crippen molar-refractivity contribution in [3.05, 3.63) is 62.3 Å². The van der Waals surface area contributed by atoms with Crippen molar-refractivity contribution in [3.63, 3.8) is 0 Å². The highest BCUT2D eigenvalue weighted by molar-refractivity contribution is 5.97. The molecule has 268 valence electrons. The molecule has 0 bridgehead atoms. The molecule has 3 aromatic rings. The molecule has 2 aliphatic rings. The molecule has 2 saturated heterocycles. The lowest BCUT2D eigenvalue weighted by molar-refractivity contribution is 0.0614. The van der Waals surface area contributed by atoms with E-state index in [1.165, 1.54) is 12.8 Å². The number of phenolic OH excluding ortho intramolecular Hbond substituents is 1. The number of aromatic hydroxyl groups is 1. The molecular weight excluding hydrogens is 620 g/mol. The normalized spacial score (nSPS) is 17.2. The summed E-state index contributed by atoms with van der Waals surface area (Å²) in [6, 6.07) is 3.39. The van der Waals surface area contributed by atoms with Gasteiger partial charge in [0.25, 0.3) is 0 Å². The molecule has 2 atom stereocenters. The third-order valence-electron chi connectivity index (χ3n) is 9.76. The van der Waals surface area contributed by atoms with E-state index in [2.05, 4.69) is 15.9 Å². The van der Waals surface area contributed by atoms with Crippen molar-refractivity contribution in [2.24, 2.45) is 0 Å². The summed E-state index contributed by atoms with van der Waals surface area (Å²) < 4.78 is 18.8. The number of nitrogens with zero attached hydrogens (tertiary/aromatic N) is 2. The van der Waals surface area contributed by atoms with E-state index < -0.39 is 12.2 Å². The molecule has 2 aromatic carbocycles. The fourth-order valence-corrected chi connectivity index (χ4v) is 7.02. The number of likely N-dealkylation sites (tertiary alicyclic amines) is 2. The summed E-state index contributed by atoms with van der Waals surface area (Å²) >= 11 is 0. The lowest BCUT2D eigenvalue weighted by Crippen LogP contribution is -2.38. The molecule has 2 aliphatic heterocycles. The standard InChI is InChI=1S/C40H56N2O7/c1-26(2)12-14-31-28(5)33(47-24-29(43)22-41-16-8-6-9-17-41)20-35-37(31)40(46)38-36(49-35)21-34(32(39(38)45)15-13-27(3)4)48-25-30(44)23-42-18-10-7-11-19-42/h12-13,20-21,29-30,43-45H,6-11,14-19,22-25H2,1-5H3. The molecule has 1 aromatic heterocycles. The first kappa shape index (κ1) is 36.9. The molecular formula is C40H56N2O7. The Balaban J connectivity index is 1.53. The van der Waals surface area contributed by atoms with Gasteiger partial charge in [-0.1, -0.05) is 36.1 Å². The van der Waals surface area contributed by atoms with Gasteiger partial charge >= 0.3 is 0 Å². The fraction of sp³-hybridized carbons (Fsp3) is 0.575. The number of fused-ring (bicyclic) bond motifs is 2. The highest BCUT2D eigenvalue weighted by atomic mass is 16.5. The van der Waals surface area contributed by atoms with Gasteiger partial charge in [0.2, 0.25) is 5.43 Å². The zero-order valence-electron chi connectivity index (χ0n) is 30.1. The van der Waals surface area contributed by atoms with E-state index in [1.54, 1.807) is 12.1 Å². The number of benzene rings is 2. The van der Waals surface area contributed by atoms with Crippen LogP contribution in [0.3, 0.4) is 0 Å². The van der Waals surface area contributed by atoms with Crippen molar-refractivity contribution in [2.45, 2.75) is 98.2 Å². The molecule has 0 aliphatic carbocycles. The number of phenols is 1. The molecule has 5 rings (SSSR count). The zero-order valence-corrected chi connectivity index (χ0v) is 30.1. The van der Waals surface area contributed by atoms with Gasteiger partial charge in [-0.2, -0.15) is 0 Å². The summed E-state index contributed by atoms with van der Waals surface area (Å²) in [5, 5.41) is 33.9. The Kier molecular flexibility index (Phi) is 12.8. The van der Waals surface area contributed by atoms with Crippen molar-refractivity contribution >= 4 is 21.9 Å². The Bertz CT molecular complexity index is 1710. The lowest BCUT2D eigenvalue weighted by Gasteiger charge is -2.28. The Labute approximate surface area is 290 Å². The minimum atomic E-state index is -0.707. The van der Waals surface area contributed by atoms with Crippen molar-refractivity contribution in [1.82, 2.24) is 9.80 Å². The average Bonchev–Trinajstić information content (AvgIpc) is 3.06. The van der Waals surface area contributed by atoms with Crippen LogP contribution in [-0.4, -0.2) is 89.8 Å². The zero-order chi connectivity index (χ0) is 35.1. The summed E-state index contributed by atoms with van der Waals surface area (Å²) in [5.41, 5.74) is 4.44. The van der Waals surface area contributed by atoms with Crippen LogP contribution < -0.4 is 14.9 Å². The Hall–Kier alpha value is -3.37. The summed E-state index contributed by atoms with van der Waals surface area (Å²) in [5.74, 6) is 0.751. The van der Waals surface area contributed by atoms with Gasteiger partial charge in [0.15, 0.2) is 0 Å². The van der Waals surface area contributed by atoms with Crippen LogP contribution in [0.1, 0.15) is 82.9 Å². The molecule has 0 amide bonds. The second kappa shape index (κ2) is 17.0. The summed E-state index contributed by atoms with van der Waals surface area (Å²) in [6.45, 7) is 15.1. The van der Waals surface area contributed by atoms with Crippen molar-refractivity contribution in [3.8, 4) is 17.2 Å². The predicted octanol–water partition coefficient (Wildman–Crippen LogP) is 6.43. The maximum absolute atomic E-state index is 14.4. The van der Waals surface area contributed by atoms with Crippen LogP contribution in [0.5, 0.6) is 17.2 Å². The van der Waals surface area contributed by atoms with Crippen LogP contribution in [0.4, 0.5) is 0 Å². The van der Waals surface area contributed by atoms with E-state index in [0.717, 1.165) is 74.1 Å². The maximum Gasteiger partial charge on any atom is 0.204 e. The van der Waals surface area contributed by atoms with Crippen LogP contribution in [-0.2, 0) is 12.8 Å². The first-order valence-corrected chi connectivity index (χ1v) is 18.1. The number of allylic oxidation sites excluding steroid dienone is 4. The Morgan fingerprint density at radius 1 is 0.755 bits per heavy atom. The molecule has 49 heavy (non-hydrogen) atoms. The number of hydrogen-bond acceptors (Lipinski definition) is 9. The number of piperidine rings is 2. The topological polar surface area (TPSA) is 116 Å². The quantitative estimate of drug-likeness (QED) is 0.131. The minimum absolute atomic E-state index is 0.0465. The molecule has 0 spiro atoms. The van der Waals surface area contributed by atoms with Crippen LogP contribution >= 0.6 is 0 Å². The van der Waals surface area contributed by atoms with Gasteiger partial charge in [-0.15, -0.1) is 0 Å². The molecule has 9 heteroatoms. The largest absolute Gasteiger partial charge is 0.507 e. The van der Waals surface area contributed by atoms with Crippen LogP contribution in [0.2, 0.25) is 0 Å².